The predicted molar refractivity (Wildman–Crippen MR) is 85.8 cm³/mol. The molecule has 1 aromatic carbocycles. The summed E-state index contributed by atoms with van der Waals surface area (Å²) in [5, 5.41) is 0. The van der Waals surface area contributed by atoms with Crippen LogP contribution in [-0.4, -0.2) is 0 Å². The summed E-state index contributed by atoms with van der Waals surface area (Å²) in [5.74, 6) is 0.458. The average molecular weight is 336 g/mol. The molecule has 1 aliphatic carbocycles. The smallest absolute Gasteiger partial charge is 0.0470 e. The van der Waals surface area contributed by atoms with Crippen LogP contribution in [0, 0.1) is 6.92 Å². The van der Waals surface area contributed by atoms with E-state index in [0.29, 0.717) is 5.92 Å². The molecule has 1 heterocycles. The molecule has 2 unspecified atom stereocenters. The van der Waals surface area contributed by atoms with Gasteiger partial charge in [0.25, 0.3) is 0 Å². The molecule has 0 bridgehead atoms. The van der Waals surface area contributed by atoms with Gasteiger partial charge in [-0.1, -0.05) is 24.3 Å². The average Bonchev–Trinajstić information content (AvgIpc) is 2.76. The second kappa shape index (κ2) is 5.39. The van der Waals surface area contributed by atoms with Crippen LogP contribution in [0.4, 0.5) is 0 Å². The van der Waals surface area contributed by atoms with E-state index >= 15 is 0 Å². The Morgan fingerprint density at radius 1 is 1.37 bits per heavy atom. The van der Waals surface area contributed by atoms with E-state index in [4.69, 9.17) is 5.73 Å². The monoisotopic (exact) mass is 335 g/mol. The van der Waals surface area contributed by atoms with E-state index in [1.54, 1.807) is 0 Å². The number of thiophene rings is 1. The first-order chi connectivity index (χ1) is 9.16. The highest BCUT2D eigenvalue weighted by Crippen LogP contribution is 2.43. The lowest BCUT2D eigenvalue weighted by atomic mass is 9.78. The van der Waals surface area contributed by atoms with Gasteiger partial charge in [-0.3, -0.25) is 0 Å². The summed E-state index contributed by atoms with van der Waals surface area (Å²) >= 11 is 5.47. The van der Waals surface area contributed by atoms with Gasteiger partial charge in [0.1, 0.15) is 0 Å². The zero-order valence-electron chi connectivity index (χ0n) is 11.0. The fraction of sp³-hybridized carbons (Fsp3) is 0.375. The first kappa shape index (κ1) is 13.3. The maximum absolute atomic E-state index is 6.58. The first-order valence-electron chi connectivity index (χ1n) is 6.76. The topological polar surface area (TPSA) is 26.0 Å². The summed E-state index contributed by atoms with van der Waals surface area (Å²) in [6.07, 6.45) is 3.64. The van der Waals surface area contributed by atoms with E-state index in [1.807, 2.05) is 11.3 Å². The van der Waals surface area contributed by atoms with Crippen molar-refractivity contribution in [1.29, 1.82) is 0 Å². The van der Waals surface area contributed by atoms with Gasteiger partial charge in [0.2, 0.25) is 0 Å². The summed E-state index contributed by atoms with van der Waals surface area (Å²) in [6.45, 7) is 2.14. The molecular weight excluding hydrogens is 318 g/mol. The molecule has 1 aliphatic rings. The van der Waals surface area contributed by atoms with Crippen LogP contribution in [0.1, 0.15) is 45.7 Å². The van der Waals surface area contributed by atoms with Crippen molar-refractivity contribution < 1.29 is 0 Å². The second-order valence-corrected chi connectivity index (χ2v) is 7.43. The Morgan fingerprint density at radius 2 is 2.16 bits per heavy atom. The second-order valence-electron chi connectivity index (χ2n) is 5.29. The third-order valence-corrected chi connectivity index (χ3v) is 6.06. The van der Waals surface area contributed by atoms with Crippen molar-refractivity contribution in [2.45, 2.75) is 38.1 Å². The van der Waals surface area contributed by atoms with E-state index < -0.39 is 0 Å². The molecule has 0 radical (unpaired) electrons. The Labute approximate surface area is 127 Å². The SMILES string of the molecule is Cc1cc(Br)c(C(N)C2CCCc3ccccc32)s1. The molecule has 1 aromatic heterocycles. The lowest BCUT2D eigenvalue weighted by Crippen LogP contribution is -2.23. The minimum Gasteiger partial charge on any atom is -0.323 e. The van der Waals surface area contributed by atoms with Crippen molar-refractivity contribution >= 4 is 27.3 Å². The van der Waals surface area contributed by atoms with Crippen molar-refractivity contribution in [3.8, 4) is 0 Å². The summed E-state index contributed by atoms with van der Waals surface area (Å²) in [7, 11) is 0. The zero-order valence-corrected chi connectivity index (χ0v) is 13.4. The maximum atomic E-state index is 6.58. The van der Waals surface area contributed by atoms with E-state index in [0.717, 1.165) is 0 Å². The molecule has 0 fully saturated rings. The molecule has 2 atom stereocenters. The van der Waals surface area contributed by atoms with E-state index in [2.05, 4.69) is 53.2 Å². The maximum Gasteiger partial charge on any atom is 0.0470 e. The van der Waals surface area contributed by atoms with Gasteiger partial charge in [0, 0.05) is 26.2 Å². The van der Waals surface area contributed by atoms with Crippen LogP contribution in [0.2, 0.25) is 0 Å². The highest BCUT2D eigenvalue weighted by molar-refractivity contribution is 9.10. The van der Waals surface area contributed by atoms with E-state index in [-0.39, 0.29) is 6.04 Å². The molecular formula is C16H18BrNS. The fourth-order valence-corrected chi connectivity index (χ4v) is 5.06. The zero-order chi connectivity index (χ0) is 13.4. The number of hydrogen-bond acceptors (Lipinski definition) is 2. The number of halogens is 1. The first-order valence-corrected chi connectivity index (χ1v) is 8.37. The minimum atomic E-state index is 0.106. The normalized spacial score (nSPS) is 20.1. The van der Waals surface area contributed by atoms with Crippen molar-refractivity contribution in [3.63, 3.8) is 0 Å². The highest BCUT2D eigenvalue weighted by atomic mass is 79.9. The number of benzene rings is 1. The van der Waals surface area contributed by atoms with Crippen LogP contribution < -0.4 is 5.73 Å². The predicted octanol–water partition coefficient (Wildman–Crippen LogP) is 4.94. The summed E-state index contributed by atoms with van der Waals surface area (Å²) in [6, 6.07) is 11.1. The number of rotatable bonds is 2. The van der Waals surface area contributed by atoms with Crippen LogP contribution in [-0.2, 0) is 6.42 Å². The fourth-order valence-electron chi connectivity index (χ4n) is 3.08. The van der Waals surface area contributed by atoms with E-state index in [1.165, 1.54) is 44.6 Å². The van der Waals surface area contributed by atoms with Gasteiger partial charge in [-0.25, -0.2) is 0 Å². The van der Waals surface area contributed by atoms with Crippen LogP contribution in [0.25, 0.3) is 0 Å². The largest absolute Gasteiger partial charge is 0.323 e. The molecule has 0 aliphatic heterocycles. The number of aryl methyl sites for hydroxylation is 2. The lowest BCUT2D eigenvalue weighted by molar-refractivity contribution is 0.478. The van der Waals surface area contributed by atoms with Crippen LogP contribution >= 0.6 is 27.3 Å². The summed E-state index contributed by atoms with van der Waals surface area (Å²) in [4.78, 5) is 2.61. The molecule has 0 amide bonds. The molecule has 3 heteroatoms. The molecule has 1 nitrogen and oxygen atoms in total. The van der Waals surface area contributed by atoms with Gasteiger partial charge in [-0.2, -0.15) is 0 Å². The number of nitrogens with two attached hydrogens (primary N) is 1. The van der Waals surface area contributed by atoms with Gasteiger partial charge in [-0.15, -0.1) is 11.3 Å². The van der Waals surface area contributed by atoms with Gasteiger partial charge >= 0.3 is 0 Å². The lowest BCUT2D eigenvalue weighted by Gasteiger charge is -2.30. The molecule has 2 aromatic rings. The van der Waals surface area contributed by atoms with Crippen molar-refractivity contribution in [1.82, 2.24) is 0 Å². The molecule has 19 heavy (non-hydrogen) atoms. The molecule has 0 saturated heterocycles. The van der Waals surface area contributed by atoms with Gasteiger partial charge < -0.3 is 5.73 Å². The third-order valence-electron chi connectivity index (χ3n) is 3.99. The molecule has 2 N–H and O–H groups in total. The van der Waals surface area contributed by atoms with E-state index in [9.17, 15) is 0 Å². The Balaban J connectivity index is 1.97. The van der Waals surface area contributed by atoms with Gasteiger partial charge in [-0.05, 0) is 59.3 Å². The van der Waals surface area contributed by atoms with Gasteiger partial charge in [0.05, 0.1) is 0 Å². The van der Waals surface area contributed by atoms with Crippen LogP contribution in [0.15, 0.2) is 34.8 Å². The molecule has 100 valence electrons. The Morgan fingerprint density at radius 3 is 2.89 bits per heavy atom. The summed E-state index contributed by atoms with van der Waals surface area (Å²) in [5.41, 5.74) is 9.52. The van der Waals surface area contributed by atoms with Crippen LogP contribution in [0.3, 0.4) is 0 Å². The van der Waals surface area contributed by atoms with Crippen molar-refractivity contribution in [3.05, 3.63) is 55.7 Å². The molecule has 3 rings (SSSR count). The molecule has 0 saturated carbocycles. The number of hydrogen-bond donors (Lipinski definition) is 1. The number of fused-ring (bicyclic) bond motifs is 1. The van der Waals surface area contributed by atoms with Crippen molar-refractivity contribution in [2.24, 2.45) is 5.73 Å². The molecule has 0 spiro atoms. The highest BCUT2D eigenvalue weighted by Gasteiger charge is 2.28. The Kier molecular flexibility index (Phi) is 3.79. The third kappa shape index (κ3) is 2.51. The quantitative estimate of drug-likeness (QED) is 0.826. The van der Waals surface area contributed by atoms with Gasteiger partial charge in [0.15, 0.2) is 0 Å². The standard InChI is InChI=1S/C16H18BrNS/c1-10-9-14(17)16(19-10)15(18)13-8-4-6-11-5-2-3-7-12(11)13/h2-3,5,7,9,13,15H,4,6,8,18H2,1H3. The van der Waals surface area contributed by atoms with Crippen molar-refractivity contribution in [2.75, 3.05) is 0 Å². The Hall–Kier alpha value is -0.640. The minimum absolute atomic E-state index is 0.106. The van der Waals surface area contributed by atoms with Crippen LogP contribution in [0.5, 0.6) is 0 Å². The Bertz CT molecular complexity index is 590. The summed E-state index contributed by atoms with van der Waals surface area (Å²) < 4.78 is 1.17.